The van der Waals surface area contributed by atoms with Crippen LogP contribution in [-0.4, -0.2) is 60.6 Å². The molecule has 1 rings (SSSR count). The predicted octanol–water partition coefficient (Wildman–Crippen LogP) is 2.93. The fourth-order valence-corrected chi connectivity index (χ4v) is 3.74. The second kappa shape index (κ2) is 9.42. The van der Waals surface area contributed by atoms with Crippen LogP contribution in [0.4, 0.5) is 0 Å². The third-order valence-corrected chi connectivity index (χ3v) is 4.87. The Morgan fingerprint density at radius 1 is 1.19 bits per heavy atom. The van der Waals surface area contributed by atoms with Crippen LogP contribution in [0.3, 0.4) is 0 Å². The molecule has 1 N–H and O–H groups in total. The Kier molecular flexibility index (Phi) is 8.27. The maximum Gasteiger partial charge on any atom is 0.308 e. The fourth-order valence-electron chi connectivity index (χ4n) is 3.74. The smallest absolute Gasteiger partial charge is 0.308 e. The highest BCUT2D eigenvalue weighted by Crippen LogP contribution is 2.35. The van der Waals surface area contributed by atoms with Crippen molar-refractivity contribution in [1.82, 2.24) is 9.80 Å². The van der Waals surface area contributed by atoms with Crippen molar-refractivity contribution in [2.45, 2.75) is 58.4 Å². The van der Waals surface area contributed by atoms with Crippen LogP contribution in [0.2, 0.25) is 0 Å². The number of rotatable bonds is 9. The van der Waals surface area contributed by atoms with Crippen molar-refractivity contribution in [2.24, 2.45) is 11.8 Å². The van der Waals surface area contributed by atoms with Gasteiger partial charge in [-0.05, 0) is 65.3 Å². The monoisotopic (exact) mass is 298 g/mol. The van der Waals surface area contributed by atoms with Gasteiger partial charge in [0.1, 0.15) is 0 Å². The van der Waals surface area contributed by atoms with Gasteiger partial charge in [0.15, 0.2) is 0 Å². The topological polar surface area (TPSA) is 43.8 Å². The molecule has 0 bridgehead atoms. The Morgan fingerprint density at radius 2 is 1.90 bits per heavy atom. The van der Waals surface area contributed by atoms with E-state index in [1.54, 1.807) is 0 Å². The number of carbonyl (C=O) groups is 1. The summed E-state index contributed by atoms with van der Waals surface area (Å²) in [6.07, 6.45) is 6.59. The van der Waals surface area contributed by atoms with E-state index in [0.29, 0.717) is 0 Å². The SMILES string of the molecule is CCCC1CCC(C(=O)O)C(N(CC)CCCN(C)C)C1. The molecule has 4 nitrogen and oxygen atoms in total. The minimum absolute atomic E-state index is 0.169. The zero-order valence-electron chi connectivity index (χ0n) is 14.3. The molecule has 21 heavy (non-hydrogen) atoms. The van der Waals surface area contributed by atoms with Gasteiger partial charge in [0.05, 0.1) is 5.92 Å². The largest absolute Gasteiger partial charge is 0.481 e. The van der Waals surface area contributed by atoms with Gasteiger partial charge in [-0.1, -0.05) is 26.7 Å². The summed E-state index contributed by atoms with van der Waals surface area (Å²) in [5.74, 6) is -0.0445. The highest BCUT2D eigenvalue weighted by atomic mass is 16.4. The summed E-state index contributed by atoms with van der Waals surface area (Å²) >= 11 is 0. The van der Waals surface area contributed by atoms with Crippen LogP contribution in [0.1, 0.15) is 52.4 Å². The van der Waals surface area contributed by atoms with Crippen molar-refractivity contribution in [3.05, 3.63) is 0 Å². The van der Waals surface area contributed by atoms with Crippen molar-refractivity contribution >= 4 is 5.97 Å². The van der Waals surface area contributed by atoms with Gasteiger partial charge in [0.2, 0.25) is 0 Å². The van der Waals surface area contributed by atoms with Gasteiger partial charge in [-0.3, -0.25) is 9.69 Å². The van der Waals surface area contributed by atoms with Crippen LogP contribution in [0.5, 0.6) is 0 Å². The van der Waals surface area contributed by atoms with E-state index in [-0.39, 0.29) is 12.0 Å². The van der Waals surface area contributed by atoms with E-state index in [9.17, 15) is 9.90 Å². The molecule has 3 unspecified atom stereocenters. The normalized spacial score (nSPS) is 26.5. The first-order chi connectivity index (χ1) is 9.99. The highest BCUT2D eigenvalue weighted by Gasteiger charge is 2.37. The van der Waals surface area contributed by atoms with Gasteiger partial charge in [-0.2, -0.15) is 0 Å². The van der Waals surface area contributed by atoms with Gasteiger partial charge in [0.25, 0.3) is 0 Å². The van der Waals surface area contributed by atoms with Crippen molar-refractivity contribution in [3.8, 4) is 0 Å². The summed E-state index contributed by atoms with van der Waals surface area (Å²) in [4.78, 5) is 16.2. The molecule has 0 spiro atoms. The van der Waals surface area contributed by atoms with E-state index in [4.69, 9.17) is 0 Å². The van der Waals surface area contributed by atoms with E-state index < -0.39 is 5.97 Å². The van der Waals surface area contributed by atoms with Gasteiger partial charge >= 0.3 is 5.97 Å². The maximum absolute atomic E-state index is 11.6. The molecule has 3 atom stereocenters. The summed E-state index contributed by atoms with van der Waals surface area (Å²) in [5, 5.41) is 9.55. The molecule has 0 aromatic rings. The number of aliphatic carboxylic acids is 1. The molecule has 4 heteroatoms. The van der Waals surface area contributed by atoms with Gasteiger partial charge in [0, 0.05) is 6.04 Å². The standard InChI is InChI=1S/C17H34N2O2/c1-5-8-14-9-10-15(17(20)21)16(13-14)19(6-2)12-7-11-18(3)4/h14-16H,5-13H2,1-4H3,(H,20,21). The summed E-state index contributed by atoms with van der Waals surface area (Å²) in [6, 6.07) is 0.236. The molecule has 0 saturated heterocycles. The number of carboxylic acid groups (broad SMARTS) is 1. The first-order valence-electron chi connectivity index (χ1n) is 8.61. The van der Waals surface area contributed by atoms with E-state index in [0.717, 1.165) is 51.2 Å². The summed E-state index contributed by atoms with van der Waals surface area (Å²) in [5.41, 5.74) is 0. The van der Waals surface area contributed by atoms with E-state index >= 15 is 0 Å². The van der Waals surface area contributed by atoms with Gasteiger partial charge in [-0.15, -0.1) is 0 Å². The lowest BCUT2D eigenvalue weighted by Gasteiger charge is -2.41. The second-order valence-corrected chi connectivity index (χ2v) is 6.77. The molecule has 0 radical (unpaired) electrons. The Morgan fingerprint density at radius 3 is 2.43 bits per heavy atom. The van der Waals surface area contributed by atoms with Gasteiger partial charge < -0.3 is 10.0 Å². The minimum atomic E-state index is -0.596. The third-order valence-electron chi connectivity index (χ3n) is 4.87. The zero-order valence-corrected chi connectivity index (χ0v) is 14.3. The maximum atomic E-state index is 11.6. The summed E-state index contributed by atoms with van der Waals surface area (Å²) in [6.45, 7) is 7.44. The van der Waals surface area contributed by atoms with Crippen LogP contribution in [0.15, 0.2) is 0 Å². The van der Waals surface area contributed by atoms with Crippen molar-refractivity contribution in [1.29, 1.82) is 0 Å². The summed E-state index contributed by atoms with van der Waals surface area (Å²) in [7, 11) is 4.18. The predicted molar refractivity (Wildman–Crippen MR) is 87.6 cm³/mol. The van der Waals surface area contributed by atoms with E-state index in [1.807, 2.05) is 0 Å². The fraction of sp³-hybridized carbons (Fsp3) is 0.941. The number of nitrogens with zero attached hydrogens (tertiary/aromatic N) is 2. The van der Waals surface area contributed by atoms with Crippen LogP contribution in [0, 0.1) is 11.8 Å². The van der Waals surface area contributed by atoms with Crippen molar-refractivity contribution in [2.75, 3.05) is 33.7 Å². The first kappa shape index (κ1) is 18.4. The van der Waals surface area contributed by atoms with Gasteiger partial charge in [-0.25, -0.2) is 0 Å². The Balaban J connectivity index is 2.66. The molecule has 1 fully saturated rings. The second-order valence-electron chi connectivity index (χ2n) is 6.77. The lowest BCUT2D eigenvalue weighted by Crippen LogP contribution is -2.47. The molecule has 0 aromatic heterocycles. The summed E-state index contributed by atoms with van der Waals surface area (Å²) < 4.78 is 0. The molecule has 0 aromatic carbocycles. The van der Waals surface area contributed by atoms with Crippen LogP contribution < -0.4 is 0 Å². The average Bonchev–Trinajstić information content (AvgIpc) is 2.43. The quantitative estimate of drug-likeness (QED) is 0.711. The Hall–Kier alpha value is -0.610. The molecule has 1 aliphatic carbocycles. The molecule has 124 valence electrons. The average molecular weight is 298 g/mol. The molecule has 1 aliphatic rings. The molecular weight excluding hydrogens is 264 g/mol. The van der Waals surface area contributed by atoms with Crippen molar-refractivity contribution in [3.63, 3.8) is 0 Å². The molecule has 1 saturated carbocycles. The Bertz CT molecular complexity index is 307. The first-order valence-corrected chi connectivity index (χ1v) is 8.61. The van der Waals surface area contributed by atoms with E-state index in [1.165, 1.54) is 12.8 Å². The third kappa shape index (κ3) is 5.95. The molecule has 0 heterocycles. The number of hydrogen-bond donors (Lipinski definition) is 1. The number of carboxylic acids is 1. The molecule has 0 amide bonds. The van der Waals surface area contributed by atoms with Crippen LogP contribution >= 0.6 is 0 Å². The van der Waals surface area contributed by atoms with Crippen LogP contribution in [-0.2, 0) is 4.79 Å². The number of hydrogen-bond acceptors (Lipinski definition) is 3. The molecule has 0 aliphatic heterocycles. The van der Waals surface area contributed by atoms with E-state index in [2.05, 4.69) is 37.7 Å². The van der Waals surface area contributed by atoms with Crippen molar-refractivity contribution < 1.29 is 9.90 Å². The Labute approximate surface area is 130 Å². The lowest BCUT2D eigenvalue weighted by molar-refractivity contribution is -0.146. The minimum Gasteiger partial charge on any atom is -0.481 e. The molecular formula is C17H34N2O2. The zero-order chi connectivity index (χ0) is 15.8. The van der Waals surface area contributed by atoms with Crippen LogP contribution in [0.25, 0.3) is 0 Å². The highest BCUT2D eigenvalue weighted by molar-refractivity contribution is 5.71. The lowest BCUT2D eigenvalue weighted by atomic mass is 9.76.